The summed E-state index contributed by atoms with van der Waals surface area (Å²) >= 11 is 0. The van der Waals surface area contributed by atoms with Crippen molar-refractivity contribution < 1.29 is 9.13 Å². The Hall–Kier alpha value is -0.110. The molecule has 0 aromatic carbocycles. The van der Waals surface area contributed by atoms with E-state index in [2.05, 4.69) is 6.92 Å². The van der Waals surface area contributed by atoms with Gasteiger partial charge in [0.25, 0.3) is 0 Å². The van der Waals surface area contributed by atoms with Crippen molar-refractivity contribution in [2.45, 2.75) is 12.8 Å². The van der Waals surface area contributed by atoms with Crippen molar-refractivity contribution in [3.63, 3.8) is 0 Å². The Bertz CT molecular complexity index is 33.5. The first-order valence-corrected chi connectivity index (χ1v) is 2.84. The van der Waals surface area contributed by atoms with Gasteiger partial charge in [-0.25, -0.2) is 0 Å². The van der Waals surface area contributed by atoms with E-state index in [4.69, 9.17) is 4.74 Å². The molecule has 0 spiro atoms. The first-order valence-electron chi connectivity index (χ1n) is 2.84. The van der Waals surface area contributed by atoms with E-state index < -0.39 is 0 Å². The van der Waals surface area contributed by atoms with Crippen LogP contribution in [-0.2, 0) is 4.74 Å². The van der Waals surface area contributed by atoms with Crippen LogP contribution in [0.25, 0.3) is 0 Å². The molecule has 0 aliphatic heterocycles. The fourth-order valence-electron chi connectivity index (χ4n) is 0.361. The van der Waals surface area contributed by atoms with Crippen LogP contribution in [0.3, 0.4) is 0 Å². The van der Waals surface area contributed by atoms with Crippen molar-refractivity contribution in [1.82, 2.24) is 0 Å². The zero-order valence-corrected chi connectivity index (χ0v) is 5.03. The number of rotatable bonds is 5. The summed E-state index contributed by atoms with van der Waals surface area (Å²) in [7, 11) is 0. The summed E-state index contributed by atoms with van der Waals surface area (Å²) in [5.41, 5.74) is 0. The quantitative estimate of drug-likeness (QED) is 0.499. The highest BCUT2D eigenvalue weighted by molar-refractivity contribution is 4.36. The molecular formula is C6H12FO. The second-order valence-electron chi connectivity index (χ2n) is 1.51. The lowest BCUT2D eigenvalue weighted by Crippen LogP contribution is -1.95. The Morgan fingerprint density at radius 3 is 2.62 bits per heavy atom. The topological polar surface area (TPSA) is 9.23 Å². The van der Waals surface area contributed by atoms with Crippen molar-refractivity contribution in [3.8, 4) is 0 Å². The van der Waals surface area contributed by atoms with Crippen LogP contribution in [0.1, 0.15) is 12.8 Å². The predicted molar refractivity (Wildman–Crippen MR) is 31.4 cm³/mol. The average molecular weight is 119 g/mol. The van der Waals surface area contributed by atoms with Crippen LogP contribution < -0.4 is 0 Å². The monoisotopic (exact) mass is 119 g/mol. The molecule has 8 heavy (non-hydrogen) atoms. The Morgan fingerprint density at radius 1 is 1.38 bits per heavy atom. The standard InChI is InChI=1S/C6H12FO/c1-2-5-8-6-3-4-7/h1-6H2. The van der Waals surface area contributed by atoms with Gasteiger partial charge in [-0.05, 0) is 12.8 Å². The molecule has 0 saturated heterocycles. The number of ether oxygens (including phenoxy) is 1. The van der Waals surface area contributed by atoms with Crippen molar-refractivity contribution in [1.29, 1.82) is 0 Å². The fraction of sp³-hybridized carbons (Fsp3) is 0.833. The molecule has 0 rings (SSSR count). The third kappa shape index (κ3) is 5.89. The minimum absolute atomic E-state index is 0.281. The van der Waals surface area contributed by atoms with Crippen LogP contribution in [0, 0.1) is 6.92 Å². The molecule has 1 nitrogen and oxygen atoms in total. The Labute approximate surface area is 49.8 Å². The highest BCUT2D eigenvalue weighted by atomic mass is 19.1. The first-order chi connectivity index (χ1) is 3.91. The van der Waals surface area contributed by atoms with Crippen molar-refractivity contribution in [2.24, 2.45) is 0 Å². The van der Waals surface area contributed by atoms with Crippen LogP contribution in [0.2, 0.25) is 0 Å². The third-order valence-electron chi connectivity index (χ3n) is 0.711. The Balaban J connectivity index is 2.53. The largest absolute Gasteiger partial charge is 0.381 e. The smallest absolute Gasteiger partial charge is 0.0916 e. The molecule has 0 amide bonds. The summed E-state index contributed by atoms with van der Waals surface area (Å²) in [4.78, 5) is 0. The molecule has 0 unspecified atom stereocenters. The summed E-state index contributed by atoms with van der Waals surface area (Å²) in [6.45, 7) is 4.47. The summed E-state index contributed by atoms with van der Waals surface area (Å²) in [5.74, 6) is 0. The second kappa shape index (κ2) is 6.89. The lowest BCUT2D eigenvalue weighted by molar-refractivity contribution is 0.130. The molecule has 0 bridgehead atoms. The van der Waals surface area contributed by atoms with E-state index in [1.807, 2.05) is 0 Å². The van der Waals surface area contributed by atoms with E-state index in [0.717, 1.165) is 6.42 Å². The maximum Gasteiger partial charge on any atom is 0.0916 e. The highest BCUT2D eigenvalue weighted by Crippen LogP contribution is 1.84. The minimum Gasteiger partial charge on any atom is -0.381 e. The van der Waals surface area contributed by atoms with Gasteiger partial charge in [0.15, 0.2) is 0 Å². The van der Waals surface area contributed by atoms with E-state index in [0.29, 0.717) is 19.6 Å². The van der Waals surface area contributed by atoms with E-state index in [9.17, 15) is 4.39 Å². The Morgan fingerprint density at radius 2 is 2.12 bits per heavy atom. The summed E-state index contributed by atoms with van der Waals surface area (Å²) in [5, 5.41) is 0. The highest BCUT2D eigenvalue weighted by Gasteiger charge is 1.83. The molecule has 0 fully saturated rings. The van der Waals surface area contributed by atoms with Crippen LogP contribution in [-0.4, -0.2) is 19.9 Å². The molecule has 0 aromatic rings. The van der Waals surface area contributed by atoms with Crippen LogP contribution in [0.4, 0.5) is 4.39 Å². The molecule has 0 aliphatic rings. The molecule has 0 atom stereocenters. The van der Waals surface area contributed by atoms with Gasteiger partial charge in [0.05, 0.1) is 6.67 Å². The van der Waals surface area contributed by atoms with E-state index in [1.54, 1.807) is 0 Å². The van der Waals surface area contributed by atoms with Gasteiger partial charge < -0.3 is 4.74 Å². The molecule has 0 N–H and O–H groups in total. The van der Waals surface area contributed by atoms with Gasteiger partial charge in [-0.3, -0.25) is 4.39 Å². The third-order valence-corrected chi connectivity index (χ3v) is 0.711. The maximum absolute atomic E-state index is 11.3. The van der Waals surface area contributed by atoms with Crippen LogP contribution in [0.15, 0.2) is 0 Å². The van der Waals surface area contributed by atoms with Gasteiger partial charge in [-0.2, -0.15) is 0 Å². The van der Waals surface area contributed by atoms with Crippen molar-refractivity contribution in [3.05, 3.63) is 6.92 Å². The van der Waals surface area contributed by atoms with Gasteiger partial charge in [-0.15, -0.1) is 0 Å². The number of alkyl halides is 1. The van der Waals surface area contributed by atoms with Crippen molar-refractivity contribution in [2.75, 3.05) is 19.9 Å². The number of halogens is 1. The molecule has 0 aromatic heterocycles. The first kappa shape index (κ1) is 7.89. The molecule has 2 heteroatoms. The van der Waals surface area contributed by atoms with E-state index in [-0.39, 0.29) is 6.67 Å². The molecule has 0 aliphatic carbocycles. The molecule has 49 valence electrons. The summed E-state index contributed by atoms with van der Waals surface area (Å²) < 4.78 is 16.2. The molecule has 0 heterocycles. The number of hydrogen-bond acceptors (Lipinski definition) is 1. The molecular weight excluding hydrogens is 107 g/mol. The summed E-state index contributed by atoms with van der Waals surface area (Å²) in [6.07, 6.45) is 1.28. The zero-order chi connectivity index (χ0) is 6.24. The Kier molecular flexibility index (Phi) is 6.80. The lowest BCUT2D eigenvalue weighted by atomic mass is 10.5. The average Bonchev–Trinajstić information content (AvgIpc) is 1.81. The fourth-order valence-corrected chi connectivity index (χ4v) is 0.361. The second-order valence-corrected chi connectivity index (χ2v) is 1.51. The zero-order valence-electron chi connectivity index (χ0n) is 5.03. The molecule has 0 saturated carbocycles. The normalized spacial score (nSPS) is 9.75. The maximum atomic E-state index is 11.3. The summed E-state index contributed by atoms with van der Waals surface area (Å²) in [6, 6.07) is 0. The van der Waals surface area contributed by atoms with Gasteiger partial charge in [0, 0.05) is 13.2 Å². The van der Waals surface area contributed by atoms with Crippen LogP contribution in [0.5, 0.6) is 0 Å². The van der Waals surface area contributed by atoms with E-state index >= 15 is 0 Å². The van der Waals surface area contributed by atoms with Crippen LogP contribution >= 0.6 is 0 Å². The van der Waals surface area contributed by atoms with Gasteiger partial charge >= 0.3 is 0 Å². The van der Waals surface area contributed by atoms with Gasteiger partial charge in [-0.1, -0.05) is 6.92 Å². The van der Waals surface area contributed by atoms with Gasteiger partial charge in [0.2, 0.25) is 0 Å². The number of hydrogen-bond donors (Lipinski definition) is 0. The predicted octanol–water partition coefficient (Wildman–Crippen LogP) is 1.59. The minimum atomic E-state index is -0.281. The molecule has 1 radical (unpaired) electrons. The van der Waals surface area contributed by atoms with Crippen molar-refractivity contribution >= 4 is 0 Å². The van der Waals surface area contributed by atoms with E-state index in [1.165, 1.54) is 0 Å². The SMILES string of the molecule is [CH2]CCOCCCF. The van der Waals surface area contributed by atoms with Gasteiger partial charge in [0.1, 0.15) is 0 Å². The lowest BCUT2D eigenvalue weighted by Gasteiger charge is -1.96.